The molecule has 0 aromatic carbocycles. The molecule has 12 heteroatoms. The maximum absolute atomic E-state index is 13.8. The Labute approximate surface area is 312 Å². The number of methoxy groups -OCH3 is 1. The van der Waals surface area contributed by atoms with Crippen LogP contribution in [-0.2, 0) is 49.2 Å². The Morgan fingerprint density at radius 2 is 1.87 bits per heavy atom. The number of H-pyrrole nitrogens is 1. The van der Waals surface area contributed by atoms with E-state index in [1.165, 1.54) is 6.92 Å². The third-order valence-corrected chi connectivity index (χ3v) is 10.3. The molecule has 1 aromatic heterocycles. The van der Waals surface area contributed by atoms with Crippen molar-refractivity contribution >= 4 is 23.8 Å². The second-order valence-electron chi connectivity index (χ2n) is 15.7. The lowest BCUT2D eigenvalue weighted by Crippen LogP contribution is -2.43. The van der Waals surface area contributed by atoms with Gasteiger partial charge >= 0.3 is 17.9 Å². The van der Waals surface area contributed by atoms with Crippen LogP contribution in [0.25, 0.3) is 0 Å². The number of aliphatic hydroxyl groups excluding tert-OH is 1. The molecule has 4 aliphatic heterocycles. The van der Waals surface area contributed by atoms with E-state index >= 15 is 0 Å². The summed E-state index contributed by atoms with van der Waals surface area (Å²) in [5.74, 6) is -1.85. The van der Waals surface area contributed by atoms with Crippen LogP contribution in [0.15, 0.2) is 63.7 Å². The lowest BCUT2D eigenvalue weighted by molar-refractivity contribution is -0.164. The number of ether oxygens (including phenoxy) is 6. The van der Waals surface area contributed by atoms with Gasteiger partial charge in [0.25, 0.3) is 0 Å². The quantitative estimate of drug-likeness (QED) is 0.193. The molecular weight excluding hydrogens is 680 g/mol. The van der Waals surface area contributed by atoms with Gasteiger partial charge in [-0.25, -0.2) is 4.99 Å². The van der Waals surface area contributed by atoms with E-state index in [1.54, 1.807) is 14.0 Å². The summed E-state index contributed by atoms with van der Waals surface area (Å²) in [6.45, 7) is 13.9. The third-order valence-electron chi connectivity index (χ3n) is 10.3. The molecule has 0 spiro atoms. The molecule has 0 amide bonds. The van der Waals surface area contributed by atoms with Crippen molar-refractivity contribution in [2.75, 3.05) is 33.5 Å². The van der Waals surface area contributed by atoms with Crippen molar-refractivity contribution in [1.82, 2.24) is 4.98 Å². The van der Waals surface area contributed by atoms with E-state index in [0.29, 0.717) is 49.1 Å². The van der Waals surface area contributed by atoms with E-state index in [2.05, 4.69) is 31.8 Å². The number of aromatic nitrogens is 1. The Balaban J connectivity index is 1.53. The molecule has 0 unspecified atom stereocenters. The average Bonchev–Trinajstić information content (AvgIpc) is 3.89. The number of cyclic esters (lactones) is 1. The number of nitrogens with one attached hydrogen (secondary N) is 1. The lowest BCUT2D eigenvalue weighted by Gasteiger charge is -2.28. The maximum atomic E-state index is 13.8. The molecule has 0 aliphatic carbocycles. The van der Waals surface area contributed by atoms with Gasteiger partial charge < -0.3 is 38.5 Å². The first kappa shape index (κ1) is 40.2. The number of esters is 3. The zero-order chi connectivity index (χ0) is 38.4. The van der Waals surface area contributed by atoms with E-state index in [-0.39, 0.29) is 25.0 Å². The highest BCUT2D eigenvalue weighted by molar-refractivity contribution is 5.94. The standard InChI is InChI=1S/C41H56N2O10/c1-23(2)16-27-18-35(45)52-37-36(53-40(47)41(37,7)22-44)26(6)11-12-28-13-14-31(42-28)38-43-32(34(51-38)21-50-39(27)46)19-29-30(25(5)10-9-15-48-8)20-49-33(29)17-24(3)4/h9-11,13-14,19,23-24,27,32-34,36-37,42,44H,12,15-18,20-22H2,1-8H3/b10-9+,26-11+,29-19-,30-25+/t27-,32-,33+,34-,36+,37-,41+/m0/s1. The highest BCUT2D eigenvalue weighted by Gasteiger charge is 2.57. The van der Waals surface area contributed by atoms with Crippen molar-refractivity contribution < 1.29 is 47.9 Å². The highest BCUT2D eigenvalue weighted by atomic mass is 16.6. The second kappa shape index (κ2) is 17.4. The number of aromatic amines is 1. The van der Waals surface area contributed by atoms with Crippen molar-refractivity contribution in [3.63, 3.8) is 0 Å². The first-order chi connectivity index (χ1) is 25.2. The number of rotatable bonds is 9. The Bertz CT molecular complexity index is 1670. The van der Waals surface area contributed by atoms with Crippen LogP contribution in [0.2, 0.25) is 0 Å². The summed E-state index contributed by atoms with van der Waals surface area (Å²) in [6, 6.07) is 3.32. The normalized spacial score (nSPS) is 32.5. The van der Waals surface area contributed by atoms with Gasteiger partial charge in [-0.3, -0.25) is 14.4 Å². The SMILES string of the molecule is COC/C=C/C(C)=C1\CO[C@H](CC(C)C)\C1=C/[C@@H]1N=C2O[C@H]1COC(=O)[C@@H](CC(C)C)CC(=O)O[C@H]1[C@H](OC(=O)[C@]1(C)CO)/C(C)=C/Cc1ccc2[nH]1. The van der Waals surface area contributed by atoms with Gasteiger partial charge in [-0.1, -0.05) is 45.9 Å². The Kier molecular flexibility index (Phi) is 13.2. The molecule has 5 heterocycles. The number of aliphatic hydroxyl groups is 1. The molecule has 4 aliphatic rings. The molecule has 1 aromatic rings. The van der Waals surface area contributed by atoms with Gasteiger partial charge in [-0.05, 0) is 85.9 Å². The predicted molar refractivity (Wildman–Crippen MR) is 198 cm³/mol. The molecule has 4 bridgehead atoms. The number of allylic oxidation sites excluding steroid dienone is 3. The largest absolute Gasteiger partial charge is 0.467 e. The van der Waals surface area contributed by atoms with E-state index in [1.807, 2.05) is 44.2 Å². The summed E-state index contributed by atoms with van der Waals surface area (Å²) >= 11 is 0. The summed E-state index contributed by atoms with van der Waals surface area (Å²) in [5, 5.41) is 10.3. The second-order valence-corrected chi connectivity index (χ2v) is 15.7. The van der Waals surface area contributed by atoms with E-state index in [0.717, 1.165) is 28.8 Å². The van der Waals surface area contributed by atoms with Gasteiger partial charge in [-0.15, -0.1) is 0 Å². The first-order valence-electron chi connectivity index (χ1n) is 18.7. The zero-order valence-corrected chi connectivity index (χ0v) is 32.3. The van der Waals surface area contributed by atoms with Crippen LogP contribution in [0.5, 0.6) is 0 Å². The summed E-state index contributed by atoms with van der Waals surface area (Å²) in [6.07, 6.45) is 6.64. The molecule has 2 fully saturated rings. The molecule has 2 saturated heterocycles. The van der Waals surface area contributed by atoms with Gasteiger partial charge in [0.1, 0.15) is 23.8 Å². The van der Waals surface area contributed by atoms with Crippen molar-refractivity contribution in [3.8, 4) is 0 Å². The third kappa shape index (κ3) is 9.39. The zero-order valence-electron chi connectivity index (χ0n) is 32.3. The molecule has 0 radical (unpaired) electrons. The van der Waals surface area contributed by atoms with Crippen LogP contribution in [0.3, 0.4) is 0 Å². The maximum Gasteiger partial charge on any atom is 0.318 e. The number of carbonyl (C=O) groups is 3. The highest BCUT2D eigenvalue weighted by Crippen LogP contribution is 2.40. The Hall–Kier alpha value is -4.00. The van der Waals surface area contributed by atoms with Crippen LogP contribution in [0.4, 0.5) is 0 Å². The molecule has 53 heavy (non-hydrogen) atoms. The van der Waals surface area contributed by atoms with Crippen molar-refractivity contribution in [2.45, 2.75) is 105 Å². The Morgan fingerprint density at radius 1 is 1.11 bits per heavy atom. The van der Waals surface area contributed by atoms with Crippen LogP contribution in [0.1, 0.15) is 79.1 Å². The monoisotopic (exact) mass is 736 g/mol. The van der Waals surface area contributed by atoms with Crippen LogP contribution in [-0.4, -0.2) is 97.9 Å². The number of hydrogen-bond donors (Lipinski definition) is 2. The minimum absolute atomic E-state index is 0.0686. The van der Waals surface area contributed by atoms with Gasteiger partial charge in [-0.2, -0.15) is 0 Å². The fourth-order valence-corrected chi connectivity index (χ4v) is 7.22. The van der Waals surface area contributed by atoms with Gasteiger partial charge in [0.15, 0.2) is 18.3 Å². The van der Waals surface area contributed by atoms with E-state index < -0.39 is 60.2 Å². The molecule has 12 nitrogen and oxygen atoms in total. The van der Waals surface area contributed by atoms with E-state index in [9.17, 15) is 19.5 Å². The topological polar surface area (TPSA) is 155 Å². The number of fused-ring (bicyclic) bond motifs is 6. The first-order valence-corrected chi connectivity index (χ1v) is 18.7. The smallest absolute Gasteiger partial charge is 0.318 e. The van der Waals surface area contributed by atoms with Crippen LogP contribution < -0.4 is 0 Å². The lowest BCUT2D eigenvalue weighted by atomic mass is 9.83. The van der Waals surface area contributed by atoms with E-state index in [4.69, 9.17) is 33.4 Å². The summed E-state index contributed by atoms with van der Waals surface area (Å²) in [7, 11) is 1.66. The number of nitrogens with zero attached hydrogens (tertiary/aromatic N) is 1. The van der Waals surface area contributed by atoms with Crippen molar-refractivity contribution in [1.29, 1.82) is 0 Å². The number of carbonyl (C=O) groups excluding carboxylic acids is 3. The Morgan fingerprint density at radius 3 is 2.57 bits per heavy atom. The minimum atomic E-state index is -1.46. The van der Waals surface area contributed by atoms with Crippen molar-refractivity contribution in [3.05, 3.63) is 70.1 Å². The summed E-state index contributed by atoms with van der Waals surface area (Å²) < 4.78 is 35.6. The summed E-state index contributed by atoms with van der Waals surface area (Å²) in [5.41, 5.74) is 3.92. The van der Waals surface area contributed by atoms with Crippen molar-refractivity contribution in [2.24, 2.45) is 28.2 Å². The van der Waals surface area contributed by atoms with Gasteiger partial charge in [0.05, 0.1) is 38.3 Å². The predicted octanol–water partition coefficient (Wildman–Crippen LogP) is 5.35. The average molecular weight is 737 g/mol. The molecule has 2 N–H and O–H groups in total. The molecule has 7 atom stereocenters. The summed E-state index contributed by atoms with van der Waals surface area (Å²) in [4.78, 5) is 48.7. The molecule has 0 saturated carbocycles. The number of hydrogen-bond acceptors (Lipinski definition) is 11. The molecule has 5 rings (SSSR count). The van der Waals surface area contributed by atoms with Crippen LogP contribution >= 0.6 is 0 Å². The number of aliphatic imine (C=N–C) groups is 1. The van der Waals surface area contributed by atoms with Crippen LogP contribution in [0, 0.1) is 23.2 Å². The van der Waals surface area contributed by atoms with Gasteiger partial charge in [0, 0.05) is 19.2 Å². The molecule has 290 valence electrons. The fraction of sp³-hybridized carbons (Fsp3) is 0.610. The minimum Gasteiger partial charge on any atom is -0.467 e. The van der Waals surface area contributed by atoms with Gasteiger partial charge in [0.2, 0.25) is 5.90 Å². The molecular formula is C41H56N2O10. The fourth-order valence-electron chi connectivity index (χ4n) is 7.22.